The van der Waals surface area contributed by atoms with E-state index in [2.05, 4.69) is 4.74 Å². The maximum Gasteiger partial charge on any atom is 0.471 e. The number of rotatable bonds is 3. The highest BCUT2D eigenvalue weighted by atomic mass is 32.1. The minimum absolute atomic E-state index is 0.208. The summed E-state index contributed by atoms with van der Waals surface area (Å²) in [6.45, 7) is 0.568. The quantitative estimate of drug-likeness (QED) is 0.813. The number of methoxy groups -OCH3 is 1. The molecule has 1 fully saturated rings. The molecule has 128 valence electrons. The monoisotopic (exact) mass is 353 g/mol. The molecule has 0 saturated carbocycles. The van der Waals surface area contributed by atoms with Gasteiger partial charge in [0, 0.05) is 30.9 Å². The number of amides is 1. The van der Waals surface area contributed by atoms with E-state index in [4.69, 9.17) is 4.74 Å². The van der Waals surface area contributed by atoms with Gasteiger partial charge >= 0.3 is 18.1 Å². The lowest BCUT2D eigenvalue weighted by Gasteiger charge is -2.30. The molecule has 0 spiro atoms. The van der Waals surface area contributed by atoms with Crippen molar-refractivity contribution in [3.63, 3.8) is 0 Å². The summed E-state index contributed by atoms with van der Waals surface area (Å²) in [6, 6.07) is 1.17. The standard InChI is InChI=1S/C13H14F3NO5S/c1-21-10(18)9-7(17-11(19)13(14,15)16)6-8(23-9)12(20)2-4-22-5-3-12/h6,20H,2-5H2,1H3,(H,17,19). The number of aliphatic hydroxyl groups is 1. The van der Waals surface area contributed by atoms with Crippen molar-refractivity contribution in [2.45, 2.75) is 24.6 Å². The van der Waals surface area contributed by atoms with E-state index < -0.39 is 23.7 Å². The number of nitrogens with one attached hydrogen (secondary N) is 1. The second-order valence-corrected chi connectivity index (χ2v) is 5.99. The first-order valence-electron chi connectivity index (χ1n) is 6.58. The third-order valence-electron chi connectivity index (χ3n) is 3.39. The predicted molar refractivity (Wildman–Crippen MR) is 74.3 cm³/mol. The summed E-state index contributed by atoms with van der Waals surface area (Å²) in [6.07, 6.45) is -4.62. The molecule has 1 aliphatic rings. The van der Waals surface area contributed by atoms with Crippen LogP contribution in [0.1, 0.15) is 27.4 Å². The third kappa shape index (κ3) is 3.82. The molecule has 6 nitrogen and oxygen atoms in total. The Hall–Kier alpha value is -1.65. The molecule has 1 amide bonds. The molecule has 10 heteroatoms. The van der Waals surface area contributed by atoms with Crippen molar-refractivity contribution >= 4 is 28.9 Å². The average molecular weight is 353 g/mol. The van der Waals surface area contributed by atoms with Crippen LogP contribution in [0.3, 0.4) is 0 Å². The Morgan fingerprint density at radius 1 is 1.39 bits per heavy atom. The summed E-state index contributed by atoms with van der Waals surface area (Å²) in [5, 5.41) is 12.2. The largest absolute Gasteiger partial charge is 0.471 e. The molecule has 0 aliphatic carbocycles. The van der Waals surface area contributed by atoms with E-state index in [1.807, 2.05) is 0 Å². The van der Waals surface area contributed by atoms with Gasteiger partial charge in [-0.2, -0.15) is 13.2 Å². The lowest BCUT2D eigenvalue weighted by molar-refractivity contribution is -0.167. The van der Waals surface area contributed by atoms with E-state index in [9.17, 15) is 27.9 Å². The van der Waals surface area contributed by atoms with Crippen LogP contribution in [0.4, 0.5) is 18.9 Å². The predicted octanol–water partition coefficient (Wildman–Crippen LogP) is 2.03. The molecule has 0 bridgehead atoms. The van der Waals surface area contributed by atoms with Gasteiger partial charge in [0.15, 0.2) is 0 Å². The fraction of sp³-hybridized carbons (Fsp3) is 0.538. The molecule has 0 radical (unpaired) electrons. The molecule has 1 saturated heterocycles. The molecule has 0 unspecified atom stereocenters. The lowest BCUT2D eigenvalue weighted by Crippen LogP contribution is -2.32. The van der Waals surface area contributed by atoms with E-state index >= 15 is 0 Å². The van der Waals surface area contributed by atoms with E-state index in [0.29, 0.717) is 0 Å². The molecule has 2 rings (SSSR count). The zero-order valence-corrected chi connectivity index (χ0v) is 12.8. The van der Waals surface area contributed by atoms with Crippen LogP contribution in [-0.4, -0.2) is 43.5 Å². The van der Waals surface area contributed by atoms with Crippen LogP contribution in [-0.2, 0) is 19.9 Å². The summed E-state index contributed by atoms with van der Waals surface area (Å²) in [5.41, 5.74) is -1.65. The zero-order valence-electron chi connectivity index (χ0n) is 12.0. The van der Waals surface area contributed by atoms with Crippen molar-refractivity contribution < 1.29 is 37.3 Å². The Morgan fingerprint density at radius 2 is 2.00 bits per heavy atom. The second-order valence-electron chi connectivity index (χ2n) is 4.94. The first kappa shape index (κ1) is 17.7. The number of ether oxygens (including phenoxy) is 2. The van der Waals surface area contributed by atoms with Crippen molar-refractivity contribution in [1.82, 2.24) is 0 Å². The number of hydrogen-bond donors (Lipinski definition) is 2. The molecule has 0 aromatic carbocycles. The molecular weight excluding hydrogens is 339 g/mol. The minimum Gasteiger partial charge on any atom is -0.465 e. The summed E-state index contributed by atoms with van der Waals surface area (Å²) in [7, 11) is 1.07. The second kappa shape index (κ2) is 6.46. The maximum atomic E-state index is 12.4. The van der Waals surface area contributed by atoms with Crippen LogP contribution in [0.15, 0.2) is 6.07 Å². The van der Waals surface area contributed by atoms with Gasteiger partial charge in [0.2, 0.25) is 0 Å². The minimum atomic E-state index is -5.09. The van der Waals surface area contributed by atoms with Gasteiger partial charge in [-0.05, 0) is 6.07 Å². The highest BCUT2D eigenvalue weighted by Gasteiger charge is 2.41. The lowest BCUT2D eigenvalue weighted by atomic mass is 9.92. The fourth-order valence-corrected chi connectivity index (χ4v) is 3.28. The highest BCUT2D eigenvalue weighted by molar-refractivity contribution is 7.14. The molecule has 2 heterocycles. The van der Waals surface area contributed by atoms with E-state index in [-0.39, 0.29) is 41.5 Å². The first-order chi connectivity index (χ1) is 10.7. The number of carbonyl (C=O) groups excluding carboxylic acids is 2. The van der Waals surface area contributed by atoms with E-state index in [1.165, 1.54) is 6.07 Å². The Labute approximate surface area is 133 Å². The molecule has 2 N–H and O–H groups in total. The third-order valence-corrected chi connectivity index (χ3v) is 4.70. The van der Waals surface area contributed by atoms with Gasteiger partial charge in [0.1, 0.15) is 10.5 Å². The van der Waals surface area contributed by atoms with Gasteiger partial charge in [-0.25, -0.2) is 4.79 Å². The number of halogens is 3. The fourth-order valence-electron chi connectivity index (χ4n) is 2.11. The Balaban J connectivity index is 2.36. The van der Waals surface area contributed by atoms with Crippen molar-refractivity contribution in [1.29, 1.82) is 0 Å². The molecular formula is C13H14F3NO5S. The number of carbonyl (C=O) groups is 2. The van der Waals surface area contributed by atoms with Crippen LogP contribution in [0.5, 0.6) is 0 Å². The van der Waals surface area contributed by atoms with Crippen molar-refractivity contribution in [2.75, 3.05) is 25.6 Å². The molecule has 0 atom stereocenters. The zero-order chi connectivity index (χ0) is 17.3. The van der Waals surface area contributed by atoms with Gasteiger partial charge in [-0.3, -0.25) is 4.79 Å². The smallest absolute Gasteiger partial charge is 0.465 e. The Kier molecular flexibility index (Phi) is 4.97. The average Bonchev–Trinajstić information content (AvgIpc) is 2.91. The highest BCUT2D eigenvalue weighted by Crippen LogP contribution is 2.40. The van der Waals surface area contributed by atoms with Crippen LogP contribution in [0.25, 0.3) is 0 Å². The summed E-state index contributed by atoms with van der Waals surface area (Å²) in [4.78, 5) is 22.9. The molecule has 23 heavy (non-hydrogen) atoms. The molecule has 1 aliphatic heterocycles. The summed E-state index contributed by atoms with van der Waals surface area (Å²) < 4.78 is 46.8. The van der Waals surface area contributed by atoms with Crippen molar-refractivity contribution in [3.05, 3.63) is 15.8 Å². The van der Waals surface area contributed by atoms with Crippen LogP contribution in [0, 0.1) is 0 Å². The van der Waals surface area contributed by atoms with E-state index in [1.54, 1.807) is 5.32 Å². The number of anilines is 1. The number of thiophene rings is 1. The summed E-state index contributed by atoms with van der Waals surface area (Å²) in [5.74, 6) is -3.10. The van der Waals surface area contributed by atoms with Gasteiger partial charge < -0.3 is 19.9 Å². The van der Waals surface area contributed by atoms with Gasteiger partial charge in [0.05, 0.1) is 12.8 Å². The number of hydrogen-bond acceptors (Lipinski definition) is 6. The van der Waals surface area contributed by atoms with E-state index in [0.717, 1.165) is 18.4 Å². The first-order valence-corrected chi connectivity index (χ1v) is 7.40. The summed E-state index contributed by atoms with van der Waals surface area (Å²) >= 11 is 0.788. The SMILES string of the molecule is COC(=O)c1sc(C2(O)CCOCC2)cc1NC(=O)C(F)(F)F. The van der Waals surface area contributed by atoms with Crippen molar-refractivity contribution in [2.24, 2.45) is 0 Å². The Morgan fingerprint density at radius 3 is 2.52 bits per heavy atom. The topological polar surface area (TPSA) is 84.9 Å². The van der Waals surface area contributed by atoms with Crippen LogP contribution >= 0.6 is 11.3 Å². The van der Waals surface area contributed by atoms with Gasteiger partial charge in [-0.15, -0.1) is 11.3 Å². The molecule has 1 aromatic rings. The Bertz CT molecular complexity index is 607. The number of alkyl halides is 3. The van der Waals surface area contributed by atoms with Gasteiger partial charge in [0.25, 0.3) is 0 Å². The van der Waals surface area contributed by atoms with Gasteiger partial charge in [-0.1, -0.05) is 0 Å². The van der Waals surface area contributed by atoms with Crippen LogP contribution < -0.4 is 5.32 Å². The van der Waals surface area contributed by atoms with Crippen LogP contribution in [0.2, 0.25) is 0 Å². The molecule has 1 aromatic heterocycles. The maximum absolute atomic E-state index is 12.4. The van der Waals surface area contributed by atoms with Crippen molar-refractivity contribution in [3.8, 4) is 0 Å². The number of esters is 1. The normalized spacial score (nSPS) is 17.6.